The Kier molecular flexibility index (Phi) is 6.37. The average Bonchev–Trinajstić information content (AvgIpc) is 3.16. The molecule has 0 radical (unpaired) electrons. The first kappa shape index (κ1) is 22.1. The van der Waals surface area contributed by atoms with E-state index in [1.165, 1.54) is 12.1 Å². The van der Waals surface area contributed by atoms with Crippen LogP contribution in [0.25, 0.3) is 5.69 Å². The number of aromatic nitrogens is 3. The summed E-state index contributed by atoms with van der Waals surface area (Å²) in [6, 6.07) is 8.06. The van der Waals surface area contributed by atoms with Gasteiger partial charge in [0.15, 0.2) is 5.78 Å². The number of nitrogens with zero attached hydrogens (tertiary/aromatic N) is 4. The number of Topliss-reactive ketones (excluding diaryl/α,β-unsaturated/α-hetero) is 1. The fourth-order valence-corrected chi connectivity index (χ4v) is 4.45. The lowest BCUT2D eigenvalue weighted by Gasteiger charge is -2.34. The van der Waals surface area contributed by atoms with Crippen molar-refractivity contribution in [3.63, 3.8) is 0 Å². The third-order valence-corrected chi connectivity index (χ3v) is 6.37. The van der Waals surface area contributed by atoms with Crippen molar-refractivity contribution < 1.29 is 14.3 Å². The summed E-state index contributed by atoms with van der Waals surface area (Å²) in [4.78, 5) is 19.9. The number of halogens is 1. The number of rotatable bonds is 6. The van der Waals surface area contributed by atoms with Gasteiger partial charge in [-0.15, -0.1) is 0 Å². The van der Waals surface area contributed by atoms with Crippen molar-refractivity contribution in [1.29, 1.82) is 0 Å². The number of carbonyl (C=O) groups excluding carboxylic acids is 1. The van der Waals surface area contributed by atoms with Crippen molar-refractivity contribution in [2.45, 2.75) is 46.1 Å². The van der Waals surface area contributed by atoms with Gasteiger partial charge in [-0.05, 0) is 74.9 Å². The minimum absolute atomic E-state index is 0.0254. The van der Waals surface area contributed by atoms with E-state index < -0.39 is 0 Å². The Bertz CT molecular complexity index is 1100. The van der Waals surface area contributed by atoms with E-state index in [4.69, 9.17) is 0 Å². The second-order valence-electron chi connectivity index (χ2n) is 8.68. The summed E-state index contributed by atoms with van der Waals surface area (Å²) in [6.07, 6.45) is 5.24. The normalized spacial score (nSPS) is 15.7. The standard InChI is InChI=1S/C25H29FN4O2/c1-16-12-19(14-27-25(16)29-10-8-20(9-11-29)18(3)31)13-24(32)23-15-28-30(17(23)2)22-6-4-21(26)5-7-22/h4-7,12,14-15,18,20,31H,8-11,13H2,1-3H3. The number of hydrogen-bond acceptors (Lipinski definition) is 5. The molecule has 168 valence electrons. The van der Waals surface area contributed by atoms with Crippen LogP contribution in [0.2, 0.25) is 0 Å². The Balaban J connectivity index is 1.45. The minimum atomic E-state index is -0.312. The van der Waals surface area contributed by atoms with Gasteiger partial charge in [0.2, 0.25) is 0 Å². The van der Waals surface area contributed by atoms with Crippen LogP contribution in [0.4, 0.5) is 10.2 Å². The van der Waals surface area contributed by atoms with Crippen molar-refractivity contribution in [2.24, 2.45) is 5.92 Å². The molecule has 1 unspecified atom stereocenters. The van der Waals surface area contributed by atoms with E-state index in [0.717, 1.165) is 48.6 Å². The van der Waals surface area contributed by atoms with E-state index in [2.05, 4.69) is 15.0 Å². The molecule has 3 heterocycles. The van der Waals surface area contributed by atoms with Gasteiger partial charge < -0.3 is 10.0 Å². The van der Waals surface area contributed by atoms with Gasteiger partial charge in [-0.25, -0.2) is 14.1 Å². The molecule has 1 saturated heterocycles. The van der Waals surface area contributed by atoms with Crippen molar-refractivity contribution in [2.75, 3.05) is 18.0 Å². The molecule has 0 saturated carbocycles. The van der Waals surface area contributed by atoms with E-state index in [9.17, 15) is 14.3 Å². The number of benzene rings is 1. The number of piperidine rings is 1. The molecule has 32 heavy (non-hydrogen) atoms. The van der Waals surface area contributed by atoms with Gasteiger partial charge in [0.1, 0.15) is 11.6 Å². The molecule has 1 aliphatic rings. The fraction of sp³-hybridized carbons (Fsp3) is 0.400. The zero-order valence-corrected chi connectivity index (χ0v) is 18.8. The van der Waals surface area contributed by atoms with Gasteiger partial charge in [-0.3, -0.25) is 4.79 Å². The highest BCUT2D eigenvalue weighted by atomic mass is 19.1. The van der Waals surface area contributed by atoms with Gasteiger partial charge in [0, 0.05) is 25.7 Å². The summed E-state index contributed by atoms with van der Waals surface area (Å²) in [6.45, 7) is 7.48. The van der Waals surface area contributed by atoms with Crippen LogP contribution in [0.5, 0.6) is 0 Å². The van der Waals surface area contributed by atoms with Crippen LogP contribution < -0.4 is 4.90 Å². The molecule has 1 fully saturated rings. The summed E-state index contributed by atoms with van der Waals surface area (Å²) in [5.74, 6) is 0.962. The summed E-state index contributed by atoms with van der Waals surface area (Å²) in [7, 11) is 0. The third-order valence-electron chi connectivity index (χ3n) is 6.37. The van der Waals surface area contributed by atoms with Crippen LogP contribution in [0.3, 0.4) is 0 Å². The molecule has 0 amide bonds. The molecule has 7 heteroatoms. The second kappa shape index (κ2) is 9.20. The zero-order chi connectivity index (χ0) is 22.8. The zero-order valence-electron chi connectivity index (χ0n) is 18.8. The fourth-order valence-electron chi connectivity index (χ4n) is 4.45. The molecular weight excluding hydrogens is 407 g/mol. The van der Waals surface area contributed by atoms with Crippen LogP contribution in [-0.4, -0.2) is 44.8 Å². The maximum Gasteiger partial charge on any atom is 0.170 e. The number of aliphatic hydroxyl groups is 1. The van der Waals surface area contributed by atoms with Crippen LogP contribution in [0.15, 0.2) is 42.7 Å². The van der Waals surface area contributed by atoms with Crippen LogP contribution in [0, 0.1) is 25.6 Å². The first-order valence-corrected chi connectivity index (χ1v) is 11.1. The first-order chi connectivity index (χ1) is 15.3. The topological polar surface area (TPSA) is 71.2 Å². The number of aliphatic hydroxyl groups excluding tert-OH is 1. The first-order valence-electron chi connectivity index (χ1n) is 11.1. The molecule has 6 nitrogen and oxygen atoms in total. The number of anilines is 1. The van der Waals surface area contributed by atoms with Gasteiger partial charge in [-0.1, -0.05) is 6.07 Å². The molecule has 1 aromatic carbocycles. The number of aryl methyl sites for hydroxylation is 1. The lowest BCUT2D eigenvalue weighted by molar-refractivity contribution is 0.0992. The van der Waals surface area contributed by atoms with Gasteiger partial charge >= 0.3 is 0 Å². The van der Waals surface area contributed by atoms with E-state index >= 15 is 0 Å². The Morgan fingerprint density at radius 3 is 2.50 bits per heavy atom. The Morgan fingerprint density at radius 2 is 1.88 bits per heavy atom. The maximum absolute atomic E-state index is 13.2. The third kappa shape index (κ3) is 4.58. The molecule has 1 aliphatic heterocycles. The summed E-state index contributed by atoms with van der Waals surface area (Å²) in [5.41, 5.74) is 3.90. The van der Waals surface area contributed by atoms with E-state index in [1.54, 1.807) is 29.2 Å². The monoisotopic (exact) mass is 436 g/mol. The van der Waals surface area contributed by atoms with E-state index in [0.29, 0.717) is 17.2 Å². The Labute approximate surface area is 187 Å². The summed E-state index contributed by atoms with van der Waals surface area (Å²) >= 11 is 0. The molecule has 1 N–H and O–H groups in total. The van der Waals surface area contributed by atoms with Gasteiger partial charge in [0.05, 0.1) is 29.2 Å². The SMILES string of the molecule is Cc1cc(CC(=O)c2cnn(-c3ccc(F)cc3)c2C)cnc1N1CCC(C(C)O)CC1. The predicted octanol–water partition coefficient (Wildman–Crippen LogP) is 4.05. The van der Waals surface area contributed by atoms with Crippen LogP contribution in [-0.2, 0) is 6.42 Å². The number of pyridine rings is 1. The highest BCUT2D eigenvalue weighted by molar-refractivity contribution is 5.98. The van der Waals surface area contributed by atoms with Crippen molar-refractivity contribution in [3.8, 4) is 5.69 Å². The maximum atomic E-state index is 13.2. The van der Waals surface area contributed by atoms with Gasteiger partial charge in [-0.2, -0.15) is 5.10 Å². The minimum Gasteiger partial charge on any atom is -0.393 e. The Morgan fingerprint density at radius 1 is 1.19 bits per heavy atom. The average molecular weight is 437 g/mol. The Hall–Kier alpha value is -3.06. The smallest absolute Gasteiger partial charge is 0.170 e. The molecule has 0 bridgehead atoms. The molecule has 4 rings (SSSR count). The summed E-state index contributed by atoms with van der Waals surface area (Å²) in [5, 5.41) is 14.1. The number of hydrogen-bond donors (Lipinski definition) is 1. The molecule has 3 aromatic rings. The molecule has 0 spiro atoms. The lowest BCUT2D eigenvalue weighted by atomic mass is 9.92. The lowest BCUT2D eigenvalue weighted by Crippen LogP contribution is -2.37. The number of carbonyl (C=O) groups is 1. The van der Waals surface area contributed by atoms with E-state index in [-0.39, 0.29) is 24.1 Å². The highest BCUT2D eigenvalue weighted by Gasteiger charge is 2.24. The summed E-state index contributed by atoms with van der Waals surface area (Å²) < 4.78 is 14.9. The molecule has 2 aromatic heterocycles. The number of ketones is 1. The molecule has 1 atom stereocenters. The highest BCUT2D eigenvalue weighted by Crippen LogP contribution is 2.27. The largest absolute Gasteiger partial charge is 0.393 e. The molecule has 0 aliphatic carbocycles. The van der Waals surface area contributed by atoms with Crippen molar-refractivity contribution >= 4 is 11.6 Å². The second-order valence-corrected chi connectivity index (χ2v) is 8.68. The van der Waals surface area contributed by atoms with Crippen molar-refractivity contribution in [1.82, 2.24) is 14.8 Å². The van der Waals surface area contributed by atoms with Gasteiger partial charge in [0.25, 0.3) is 0 Å². The van der Waals surface area contributed by atoms with E-state index in [1.807, 2.05) is 26.8 Å². The molecular formula is C25H29FN4O2. The quantitative estimate of drug-likeness (QED) is 0.591. The van der Waals surface area contributed by atoms with Crippen molar-refractivity contribution in [3.05, 3.63) is 70.9 Å². The predicted molar refractivity (Wildman–Crippen MR) is 122 cm³/mol. The van der Waals surface area contributed by atoms with Crippen LogP contribution in [0.1, 0.15) is 46.9 Å². The van der Waals surface area contributed by atoms with Crippen LogP contribution >= 0.6 is 0 Å².